The Morgan fingerprint density at radius 2 is 2.17 bits per heavy atom. The molecule has 1 aromatic heterocycles. The Labute approximate surface area is 139 Å². The lowest BCUT2D eigenvalue weighted by Crippen LogP contribution is -2.37. The Morgan fingerprint density at radius 3 is 2.88 bits per heavy atom. The highest BCUT2D eigenvalue weighted by atomic mass is 16.3. The number of nitrogens with zero attached hydrogens (tertiary/aromatic N) is 4. The molecule has 4 amide bonds. The fourth-order valence-corrected chi connectivity index (χ4v) is 3.12. The first-order valence-electron chi connectivity index (χ1n) is 8.09. The molecule has 2 aliphatic rings. The predicted molar refractivity (Wildman–Crippen MR) is 82.5 cm³/mol. The van der Waals surface area contributed by atoms with E-state index in [1.807, 2.05) is 6.92 Å². The molecule has 0 bridgehead atoms. The van der Waals surface area contributed by atoms with E-state index in [0.717, 1.165) is 16.2 Å². The average Bonchev–Trinajstić information content (AvgIpc) is 3.19. The molecule has 0 unspecified atom stereocenters. The zero-order valence-corrected chi connectivity index (χ0v) is 13.6. The van der Waals surface area contributed by atoms with Crippen molar-refractivity contribution in [3.05, 3.63) is 17.5 Å². The second kappa shape index (κ2) is 6.60. The van der Waals surface area contributed by atoms with Crippen molar-refractivity contribution in [1.29, 1.82) is 0 Å². The molecular formula is C15H21N5O4. The predicted octanol–water partition coefficient (Wildman–Crippen LogP) is -0.562. The van der Waals surface area contributed by atoms with Crippen molar-refractivity contribution < 1.29 is 19.5 Å². The Bertz CT molecular complexity index is 671. The number of aliphatic hydroxyl groups is 1. The topological polar surface area (TPSA) is 108 Å². The van der Waals surface area contributed by atoms with Crippen LogP contribution in [0, 0.1) is 0 Å². The molecule has 2 N–H and O–H groups in total. The lowest BCUT2D eigenvalue weighted by Gasteiger charge is -2.18. The number of carbonyl (C=O) groups excluding carboxylic acids is 3. The monoisotopic (exact) mass is 335 g/mol. The van der Waals surface area contributed by atoms with Gasteiger partial charge in [0.25, 0.3) is 5.91 Å². The first-order valence-corrected chi connectivity index (χ1v) is 8.09. The van der Waals surface area contributed by atoms with Crippen LogP contribution in [-0.2, 0) is 29.2 Å². The number of imide groups is 1. The van der Waals surface area contributed by atoms with Gasteiger partial charge in [-0.3, -0.25) is 19.2 Å². The van der Waals surface area contributed by atoms with Crippen molar-refractivity contribution in [2.45, 2.75) is 45.4 Å². The number of carbonyl (C=O) groups is 3. The van der Waals surface area contributed by atoms with Crippen molar-refractivity contribution in [1.82, 2.24) is 24.9 Å². The summed E-state index contributed by atoms with van der Waals surface area (Å²) in [5, 5.41) is 15.8. The van der Waals surface area contributed by atoms with Gasteiger partial charge in [0.05, 0.1) is 38.0 Å². The van der Waals surface area contributed by atoms with Gasteiger partial charge in [-0.2, -0.15) is 5.10 Å². The van der Waals surface area contributed by atoms with Crippen LogP contribution in [0.1, 0.15) is 31.0 Å². The standard InChI is InChI=1S/C15H21N5O4/c1-2-3-19-14(23)11(17-15(19)24)6-13(22)18-8-10-7-16-20(4-5-21)12(10)9-18/h7,11,21H,2-6,8-9H2,1H3,(H,17,24)/t11-/m0/s1. The smallest absolute Gasteiger partial charge is 0.324 e. The molecular weight excluding hydrogens is 314 g/mol. The van der Waals surface area contributed by atoms with Gasteiger partial charge < -0.3 is 15.3 Å². The summed E-state index contributed by atoms with van der Waals surface area (Å²) in [7, 11) is 0. The largest absolute Gasteiger partial charge is 0.394 e. The molecule has 0 aromatic carbocycles. The van der Waals surface area contributed by atoms with Crippen LogP contribution in [0.25, 0.3) is 0 Å². The van der Waals surface area contributed by atoms with Gasteiger partial charge in [0, 0.05) is 18.7 Å². The Morgan fingerprint density at radius 1 is 1.38 bits per heavy atom. The van der Waals surface area contributed by atoms with E-state index in [1.54, 1.807) is 15.8 Å². The van der Waals surface area contributed by atoms with E-state index >= 15 is 0 Å². The van der Waals surface area contributed by atoms with Gasteiger partial charge in [0.2, 0.25) is 5.91 Å². The van der Waals surface area contributed by atoms with Crippen molar-refractivity contribution in [3.8, 4) is 0 Å². The summed E-state index contributed by atoms with van der Waals surface area (Å²) in [4.78, 5) is 39.3. The Balaban J connectivity index is 1.61. The minimum absolute atomic E-state index is 0.0159. The van der Waals surface area contributed by atoms with E-state index < -0.39 is 12.1 Å². The van der Waals surface area contributed by atoms with Gasteiger partial charge in [-0.15, -0.1) is 0 Å². The highest BCUT2D eigenvalue weighted by Crippen LogP contribution is 2.24. The zero-order valence-electron chi connectivity index (χ0n) is 13.6. The highest BCUT2D eigenvalue weighted by Gasteiger charge is 2.39. The number of urea groups is 1. The van der Waals surface area contributed by atoms with E-state index in [4.69, 9.17) is 5.11 Å². The normalized spacial score (nSPS) is 19.8. The summed E-state index contributed by atoms with van der Waals surface area (Å²) in [6, 6.07) is -1.21. The molecule has 0 radical (unpaired) electrons. The molecule has 1 atom stereocenters. The zero-order chi connectivity index (χ0) is 17.3. The number of hydrogen-bond donors (Lipinski definition) is 2. The van der Waals surface area contributed by atoms with Crippen LogP contribution in [0.5, 0.6) is 0 Å². The van der Waals surface area contributed by atoms with Crippen molar-refractivity contribution in [2.75, 3.05) is 13.2 Å². The molecule has 0 saturated carbocycles. The molecule has 24 heavy (non-hydrogen) atoms. The average molecular weight is 335 g/mol. The molecule has 3 heterocycles. The summed E-state index contributed by atoms with van der Waals surface area (Å²) in [5.74, 6) is -0.517. The second-order valence-corrected chi connectivity index (χ2v) is 6.01. The number of aliphatic hydroxyl groups excluding tert-OH is 1. The number of amides is 4. The molecule has 1 saturated heterocycles. The highest BCUT2D eigenvalue weighted by molar-refractivity contribution is 6.05. The molecule has 1 fully saturated rings. The molecule has 0 spiro atoms. The van der Waals surface area contributed by atoms with Crippen LogP contribution in [0.15, 0.2) is 6.20 Å². The molecule has 9 heteroatoms. The molecule has 0 aliphatic carbocycles. The SMILES string of the molecule is CCCN1C(=O)N[C@@H](CC(=O)N2Cc3cnn(CCO)c3C2)C1=O. The third-order valence-corrected chi connectivity index (χ3v) is 4.33. The summed E-state index contributed by atoms with van der Waals surface area (Å²) in [5.41, 5.74) is 1.86. The van der Waals surface area contributed by atoms with E-state index in [-0.39, 0.29) is 24.8 Å². The number of aromatic nitrogens is 2. The second-order valence-electron chi connectivity index (χ2n) is 6.01. The fraction of sp³-hybridized carbons (Fsp3) is 0.600. The van der Waals surface area contributed by atoms with Gasteiger partial charge in [0.15, 0.2) is 0 Å². The maximum atomic E-state index is 12.5. The van der Waals surface area contributed by atoms with Crippen LogP contribution in [0.2, 0.25) is 0 Å². The summed E-state index contributed by atoms with van der Waals surface area (Å²) in [6.45, 7) is 3.46. The number of rotatable bonds is 6. The van der Waals surface area contributed by atoms with Crippen LogP contribution in [-0.4, -0.2) is 61.7 Å². The first kappa shape index (κ1) is 16.4. The molecule has 130 valence electrons. The van der Waals surface area contributed by atoms with E-state index in [1.165, 1.54) is 0 Å². The maximum absolute atomic E-state index is 12.5. The third-order valence-electron chi connectivity index (χ3n) is 4.33. The number of fused-ring (bicyclic) bond motifs is 1. The van der Waals surface area contributed by atoms with Gasteiger partial charge in [-0.05, 0) is 6.42 Å². The van der Waals surface area contributed by atoms with E-state index in [2.05, 4.69) is 10.4 Å². The number of hydrogen-bond acceptors (Lipinski definition) is 5. The van der Waals surface area contributed by atoms with E-state index in [0.29, 0.717) is 32.6 Å². The van der Waals surface area contributed by atoms with Crippen LogP contribution in [0.3, 0.4) is 0 Å². The van der Waals surface area contributed by atoms with Crippen molar-refractivity contribution >= 4 is 17.8 Å². The van der Waals surface area contributed by atoms with Crippen molar-refractivity contribution in [2.24, 2.45) is 0 Å². The number of nitrogens with one attached hydrogen (secondary N) is 1. The minimum atomic E-state index is -0.783. The summed E-state index contributed by atoms with van der Waals surface area (Å²) >= 11 is 0. The lowest BCUT2D eigenvalue weighted by atomic mass is 10.2. The summed E-state index contributed by atoms with van der Waals surface area (Å²) < 4.78 is 1.69. The Hall–Kier alpha value is -2.42. The molecule has 2 aliphatic heterocycles. The summed E-state index contributed by atoms with van der Waals surface area (Å²) in [6.07, 6.45) is 2.34. The maximum Gasteiger partial charge on any atom is 0.324 e. The first-order chi connectivity index (χ1) is 11.5. The van der Waals surface area contributed by atoms with Crippen LogP contribution < -0.4 is 5.32 Å². The molecule has 9 nitrogen and oxygen atoms in total. The van der Waals surface area contributed by atoms with Gasteiger partial charge in [-0.25, -0.2) is 4.79 Å². The van der Waals surface area contributed by atoms with E-state index in [9.17, 15) is 14.4 Å². The minimum Gasteiger partial charge on any atom is -0.394 e. The molecule has 1 aromatic rings. The lowest BCUT2D eigenvalue weighted by molar-refractivity contribution is -0.136. The van der Waals surface area contributed by atoms with Gasteiger partial charge in [0.1, 0.15) is 6.04 Å². The quantitative estimate of drug-likeness (QED) is 0.678. The third kappa shape index (κ3) is 2.86. The molecule has 3 rings (SSSR count). The van der Waals surface area contributed by atoms with Gasteiger partial charge >= 0.3 is 6.03 Å². The Kier molecular flexibility index (Phi) is 4.52. The van der Waals surface area contributed by atoms with Crippen LogP contribution in [0.4, 0.5) is 4.79 Å². The van der Waals surface area contributed by atoms with Gasteiger partial charge in [-0.1, -0.05) is 6.92 Å². The van der Waals surface area contributed by atoms with Crippen LogP contribution >= 0.6 is 0 Å². The fourth-order valence-electron chi connectivity index (χ4n) is 3.12. The van der Waals surface area contributed by atoms with Crippen molar-refractivity contribution in [3.63, 3.8) is 0 Å².